The molecule has 3 heterocycles. The quantitative estimate of drug-likeness (QED) is 0.511. The normalized spacial score (nSPS) is 14.1. The van der Waals surface area contributed by atoms with Crippen molar-refractivity contribution in [2.75, 3.05) is 23.3 Å². The number of pyridine rings is 1. The van der Waals surface area contributed by atoms with E-state index in [4.69, 9.17) is 11.6 Å². The molecular formula is C22H20ClF2N5O2. The molecule has 1 aliphatic rings. The van der Waals surface area contributed by atoms with Crippen LogP contribution in [-0.4, -0.2) is 39.5 Å². The molecule has 166 valence electrons. The first-order valence-corrected chi connectivity index (χ1v) is 10.4. The van der Waals surface area contributed by atoms with Gasteiger partial charge in [0.25, 0.3) is 5.91 Å². The Morgan fingerprint density at radius 1 is 1.22 bits per heavy atom. The number of alkyl halides is 3. The SMILES string of the molecule is CCC1CN(c2ncc(C(=O)Nc3ccc(OC(F)(F)Cl)cc3)cc2-c2cncnc2)C1. The van der Waals surface area contributed by atoms with Crippen molar-refractivity contribution >= 4 is 29.0 Å². The molecule has 0 bridgehead atoms. The van der Waals surface area contributed by atoms with Gasteiger partial charge in [-0.1, -0.05) is 6.92 Å². The summed E-state index contributed by atoms with van der Waals surface area (Å²) in [5.74, 6) is 0.892. The van der Waals surface area contributed by atoms with Crippen LogP contribution in [0.4, 0.5) is 20.3 Å². The van der Waals surface area contributed by atoms with E-state index < -0.39 is 11.5 Å². The number of nitrogens with zero attached hydrogens (tertiary/aromatic N) is 4. The third kappa shape index (κ3) is 5.11. The van der Waals surface area contributed by atoms with Gasteiger partial charge in [0.1, 0.15) is 17.9 Å². The van der Waals surface area contributed by atoms with Gasteiger partial charge in [0, 0.05) is 60.1 Å². The first kappa shape index (κ1) is 21.9. The van der Waals surface area contributed by atoms with Gasteiger partial charge in [0.15, 0.2) is 0 Å². The number of amides is 1. The number of anilines is 2. The Bertz CT molecular complexity index is 1090. The lowest BCUT2D eigenvalue weighted by molar-refractivity contribution is -0.0964. The molecule has 7 nitrogen and oxygen atoms in total. The van der Waals surface area contributed by atoms with Crippen LogP contribution in [0.1, 0.15) is 23.7 Å². The number of aromatic nitrogens is 3. The van der Waals surface area contributed by atoms with Crippen LogP contribution in [-0.2, 0) is 0 Å². The standard InChI is InChI=1S/C22H20ClF2N5O2/c1-2-14-11-30(12-14)20-19(16-8-26-13-27-9-16)7-15(10-28-20)21(31)29-17-3-5-18(6-4-17)32-22(23,24)25/h3-10,13-14H,2,11-12H2,1H3,(H,29,31). The maximum Gasteiger partial charge on any atom is 0.487 e. The molecular weight excluding hydrogens is 440 g/mol. The number of halogens is 3. The number of ether oxygens (including phenoxy) is 1. The number of hydrogen-bond acceptors (Lipinski definition) is 6. The van der Waals surface area contributed by atoms with E-state index in [0.717, 1.165) is 36.5 Å². The molecule has 32 heavy (non-hydrogen) atoms. The van der Waals surface area contributed by atoms with Crippen molar-refractivity contribution in [3.05, 3.63) is 60.8 Å². The molecule has 0 saturated carbocycles. The van der Waals surface area contributed by atoms with Gasteiger partial charge in [-0.15, -0.1) is 8.78 Å². The van der Waals surface area contributed by atoms with E-state index in [1.807, 2.05) is 0 Å². The van der Waals surface area contributed by atoms with Crippen LogP contribution in [0.2, 0.25) is 0 Å². The predicted molar refractivity (Wildman–Crippen MR) is 117 cm³/mol. The van der Waals surface area contributed by atoms with E-state index in [-0.39, 0.29) is 5.75 Å². The number of benzene rings is 1. The second kappa shape index (κ2) is 9.04. The van der Waals surface area contributed by atoms with E-state index in [1.165, 1.54) is 36.8 Å². The van der Waals surface area contributed by atoms with Crippen molar-refractivity contribution < 1.29 is 18.3 Å². The molecule has 1 N–H and O–H groups in total. The maximum absolute atomic E-state index is 12.8. The largest absolute Gasteiger partial charge is 0.487 e. The predicted octanol–water partition coefficient (Wildman–Crippen LogP) is 4.81. The van der Waals surface area contributed by atoms with Crippen molar-refractivity contribution in [3.63, 3.8) is 0 Å². The average molecular weight is 460 g/mol. The van der Waals surface area contributed by atoms with Gasteiger partial charge < -0.3 is 15.0 Å². The summed E-state index contributed by atoms with van der Waals surface area (Å²) >= 11 is 4.76. The smallest absolute Gasteiger partial charge is 0.420 e. The second-order valence-electron chi connectivity index (χ2n) is 7.43. The summed E-state index contributed by atoms with van der Waals surface area (Å²) in [6.45, 7) is 3.98. The van der Waals surface area contributed by atoms with Crippen LogP contribution in [0.15, 0.2) is 55.2 Å². The molecule has 0 aliphatic carbocycles. The fourth-order valence-electron chi connectivity index (χ4n) is 3.43. The van der Waals surface area contributed by atoms with Crippen molar-refractivity contribution in [2.45, 2.75) is 18.9 Å². The lowest BCUT2D eigenvalue weighted by atomic mass is 9.96. The van der Waals surface area contributed by atoms with Crippen LogP contribution >= 0.6 is 11.6 Å². The Morgan fingerprint density at radius 2 is 1.91 bits per heavy atom. The average Bonchev–Trinajstić information content (AvgIpc) is 2.74. The highest BCUT2D eigenvalue weighted by atomic mass is 35.5. The summed E-state index contributed by atoms with van der Waals surface area (Å²) < 4.78 is 29.7. The molecule has 0 atom stereocenters. The minimum atomic E-state index is -3.80. The highest BCUT2D eigenvalue weighted by Gasteiger charge is 2.29. The zero-order chi connectivity index (χ0) is 22.7. The minimum Gasteiger partial charge on any atom is -0.420 e. The van der Waals surface area contributed by atoms with Crippen LogP contribution in [0.3, 0.4) is 0 Å². The summed E-state index contributed by atoms with van der Waals surface area (Å²) in [5.41, 5.74) is -1.53. The van der Waals surface area contributed by atoms with Crippen molar-refractivity contribution in [1.29, 1.82) is 0 Å². The van der Waals surface area contributed by atoms with Gasteiger partial charge in [-0.2, -0.15) is 0 Å². The molecule has 3 aromatic rings. The molecule has 0 spiro atoms. The molecule has 1 aliphatic heterocycles. The van der Waals surface area contributed by atoms with Crippen LogP contribution < -0.4 is 15.0 Å². The van der Waals surface area contributed by atoms with E-state index in [0.29, 0.717) is 17.2 Å². The van der Waals surface area contributed by atoms with Gasteiger partial charge in [-0.3, -0.25) is 4.79 Å². The number of hydrogen-bond donors (Lipinski definition) is 1. The van der Waals surface area contributed by atoms with Crippen LogP contribution in [0.5, 0.6) is 5.75 Å². The van der Waals surface area contributed by atoms with Crippen molar-refractivity contribution in [3.8, 4) is 16.9 Å². The number of rotatable bonds is 7. The zero-order valence-corrected chi connectivity index (χ0v) is 17.9. The maximum atomic E-state index is 12.8. The highest BCUT2D eigenvalue weighted by Crippen LogP contribution is 2.34. The third-order valence-electron chi connectivity index (χ3n) is 5.18. The Hall–Kier alpha value is -3.33. The molecule has 10 heteroatoms. The summed E-state index contributed by atoms with van der Waals surface area (Å²) in [5, 5.41) is 2.72. The number of carbonyl (C=O) groups excluding carboxylic acids is 1. The topological polar surface area (TPSA) is 80.2 Å². The first-order valence-electron chi connectivity index (χ1n) is 10.00. The molecule has 1 aromatic carbocycles. The van der Waals surface area contributed by atoms with Gasteiger partial charge in [0.2, 0.25) is 0 Å². The number of carbonyl (C=O) groups is 1. The summed E-state index contributed by atoms with van der Waals surface area (Å²) in [4.78, 5) is 27.7. The molecule has 4 rings (SSSR count). The molecule has 0 unspecified atom stereocenters. The van der Waals surface area contributed by atoms with Gasteiger partial charge in [0.05, 0.1) is 5.56 Å². The third-order valence-corrected chi connectivity index (χ3v) is 5.26. The Balaban J connectivity index is 1.55. The lowest BCUT2D eigenvalue weighted by Gasteiger charge is -2.40. The molecule has 2 aromatic heterocycles. The zero-order valence-electron chi connectivity index (χ0n) is 17.1. The van der Waals surface area contributed by atoms with Gasteiger partial charge in [-0.25, -0.2) is 15.0 Å². The molecule has 1 fully saturated rings. The van der Waals surface area contributed by atoms with E-state index in [1.54, 1.807) is 18.5 Å². The van der Waals surface area contributed by atoms with E-state index in [9.17, 15) is 13.6 Å². The monoisotopic (exact) mass is 459 g/mol. The fourth-order valence-corrected chi connectivity index (χ4v) is 3.52. The van der Waals surface area contributed by atoms with Crippen molar-refractivity contribution in [1.82, 2.24) is 15.0 Å². The Morgan fingerprint density at radius 3 is 2.53 bits per heavy atom. The summed E-state index contributed by atoms with van der Waals surface area (Å²) in [6.07, 6.45) is 7.42. The summed E-state index contributed by atoms with van der Waals surface area (Å²) in [6, 6.07) is 7.20. The lowest BCUT2D eigenvalue weighted by Crippen LogP contribution is -2.47. The number of nitrogens with one attached hydrogen (secondary N) is 1. The first-order chi connectivity index (χ1) is 15.3. The minimum absolute atomic E-state index is 0.125. The van der Waals surface area contributed by atoms with Crippen molar-refractivity contribution in [2.24, 2.45) is 5.92 Å². The van der Waals surface area contributed by atoms with E-state index >= 15 is 0 Å². The fraction of sp³-hybridized carbons (Fsp3) is 0.273. The van der Waals surface area contributed by atoms with Crippen LogP contribution in [0.25, 0.3) is 11.1 Å². The van der Waals surface area contributed by atoms with Gasteiger partial charge in [-0.05, 0) is 42.7 Å². The van der Waals surface area contributed by atoms with E-state index in [2.05, 4.69) is 36.8 Å². The Labute approximate surface area is 188 Å². The Kier molecular flexibility index (Phi) is 6.18. The van der Waals surface area contributed by atoms with Crippen LogP contribution in [0, 0.1) is 5.92 Å². The highest BCUT2D eigenvalue weighted by molar-refractivity contribution is 6.20. The molecule has 0 radical (unpaired) electrons. The summed E-state index contributed by atoms with van der Waals surface area (Å²) in [7, 11) is 0. The molecule has 1 saturated heterocycles. The second-order valence-corrected chi connectivity index (χ2v) is 7.87. The van der Waals surface area contributed by atoms with Gasteiger partial charge >= 0.3 is 5.57 Å². The molecule has 1 amide bonds.